The molecule has 3 nitrogen and oxygen atoms in total. The Morgan fingerprint density at radius 1 is 1.35 bits per heavy atom. The molecule has 2 N–H and O–H groups in total. The maximum Gasteiger partial charge on any atom is 0.0741 e. The Labute approximate surface area is 107 Å². The van der Waals surface area contributed by atoms with Crippen molar-refractivity contribution >= 4 is 0 Å². The lowest BCUT2D eigenvalue weighted by atomic mass is 10.00. The van der Waals surface area contributed by atoms with E-state index in [2.05, 4.69) is 24.1 Å². The van der Waals surface area contributed by atoms with E-state index in [1.165, 1.54) is 32.5 Å². The van der Waals surface area contributed by atoms with Gasteiger partial charge < -0.3 is 15.3 Å². The summed E-state index contributed by atoms with van der Waals surface area (Å²) in [5, 5.41) is 13.5. The molecular formula is C14H30N2O. The minimum atomic E-state index is -0.547. The summed E-state index contributed by atoms with van der Waals surface area (Å²) in [6.45, 7) is 12.8. The molecule has 1 fully saturated rings. The first-order chi connectivity index (χ1) is 7.93. The third-order valence-corrected chi connectivity index (χ3v) is 3.74. The Bertz CT molecular complexity index is 208. The first-order valence-corrected chi connectivity index (χ1v) is 7.11. The van der Waals surface area contributed by atoms with Gasteiger partial charge >= 0.3 is 0 Å². The van der Waals surface area contributed by atoms with E-state index in [9.17, 15) is 5.11 Å². The molecule has 0 amide bonds. The van der Waals surface area contributed by atoms with Crippen LogP contribution in [0.2, 0.25) is 0 Å². The van der Waals surface area contributed by atoms with Crippen molar-refractivity contribution in [3.05, 3.63) is 0 Å². The summed E-state index contributed by atoms with van der Waals surface area (Å²) < 4.78 is 0. The minimum Gasteiger partial charge on any atom is -0.389 e. The van der Waals surface area contributed by atoms with Gasteiger partial charge in [0.1, 0.15) is 0 Å². The van der Waals surface area contributed by atoms with Crippen LogP contribution in [0.25, 0.3) is 0 Å². The second kappa shape index (κ2) is 6.72. The largest absolute Gasteiger partial charge is 0.389 e. The molecule has 0 saturated carbocycles. The second-order valence-electron chi connectivity index (χ2n) is 6.20. The number of piperidine rings is 1. The van der Waals surface area contributed by atoms with Crippen LogP contribution in [0.3, 0.4) is 0 Å². The normalized spacial score (nSPS) is 22.9. The molecule has 0 aromatic heterocycles. The summed E-state index contributed by atoms with van der Waals surface area (Å²) in [6, 6.07) is 0.594. The predicted molar refractivity (Wildman–Crippen MR) is 73.2 cm³/mol. The smallest absolute Gasteiger partial charge is 0.0741 e. The van der Waals surface area contributed by atoms with Gasteiger partial charge in [0.2, 0.25) is 0 Å². The Morgan fingerprint density at radius 2 is 1.94 bits per heavy atom. The average molecular weight is 242 g/mol. The minimum absolute atomic E-state index is 0.547. The zero-order chi connectivity index (χ0) is 12.9. The molecule has 1 aliphatic rings. The Hall–Kier alpha value is -0.120. The van der Waals surface area contributed by atoms with Crippen LogP contribution in [-0.2, 0) is 0 Å². The van der Waals surface area contributed by atoms with Crippen LogP contribution >= 0.6 is 0 Å². The molecule has 102 valence electrons. The molecule has 3 heteroatoms. The molecule has 0 spiro atoms. The van der Waals surface area contributed by atoms with Crippen molar-refractivity contribution in [1.29, 1.82) is 0 Å². The topological polar surface area (TPSA) is 35.5 Å². The Kier molecular flexibility index (Phi) is 5.90. The molecule has 0 aromatic rings. The van der Waals surface area contributed by atoms with Crippen molar-refractivity contribution in [3.63, 3.8) is 0 Å². The van der Waals surface area contributed by atoms with E-state index in [0.717, 1.165) is 18.9 Å². The SMILES string of the molecule is CCC(C)(O)CNC1CCN(CC(C)C)CC1. The van der Waals surface area contributed by atoms with Crippen LogP contribution < -0.4 is 5.32 Å². The fourth-order valence-corrected chi connectivity index (χ4v) is 2.33. The highest BCUT2D eigenvalue weighted by atomic mass is 16.3. The maximum absolute atomic E-state index is 9.95. The fraction of sp³-hybridized carbons (Fsp3) is 1.00. The van der Waals surface area contributed by atoms with Crippen molar-refractivity contribution in [3.8, 4) is 0 Å². The van der Waals surface area contributed by atoms with Crippen LogP contribution in [0.15, 0.2) is 0 Å². The first kappa shape index (κ1) is 14.9. The fourth-order valence-electron chi connectivity index (χ4n) is 2.33. The summed E-state index contributed by atoms with van der Waals surface area (Å²) in [5.74, 6) is 0.764. The molecule has 17 heavy (non-hydrogen) atoms. The van der Waals surface area contributed by atoms with Gasteiger partial charge in [-0.3, -0.25) is 0 Å². The Morgan fingerprint density at radius 3 is 2.41 bits per heavy atom. The third-order valence-electron chi connectivity index (χ3n) is 3.74. The number of likely N-dealkylation sites (tertiary alicyclic amines) is 1. The lowest BCUT2D eigenvalue weighted by molar-refractivity contribution is 0.0491. The van der Waals surface area contributed by atoms with Crippen LogP contribution in [0, 0.1) is 5.92 Å². The Balaban J connectivity index is 2.19. The zero-order valence-corrected chi connectivity index (χ0v) is 12.0. The van der Waals surface area contributed by atoms with E-state index in [1.807, 2.05) is 13.8 Å². The van der Waals surface area contributed by atoms with Crippen LogP contribution in [0.4, 0.5) is 0 Å². The summed E-state index contributed by atoms with van der Waals surface area (Å²) >= 11 is 0. The van der Waals surface area contributed by atoms with E-state index in [0.29, 0.717) is 6.04 Å². The standard InChI is InChI=1S/C14H30N2O/c1-5-14(4,17)11-15-13-6-8-16(9-7-13)10-12(2)3/h12-13,15,17H,5-11H2,1-4H3. The highest BCUT2D eigenvalue weighted by molar-refractivity contribution is 4.81. The highest BCUT2D eigenvalue weighted by Crippen LogP contribution is 2.13. The van der Waals surface area contributed by atoms with Crippen molar-refractivity contribution < 1.29 is 5.11 Å². The number of aliphatic hydroxyl groups is 1. The van der Waals surface area contributed by atoms with Gasteiger partial charge in [-0.15, -0.1) is 0 Å². The zero-order valence-electron chi connectivity index (χ0n) is 12.0. The number of nitrogens with zero attached hydrogens (tertiary/aromatic N) is 1. The van der Waals surface area contributed by atoms with Gasteiger partial charge in [-0.25, -0.2) is 0 Å². The molecular weight excluding hydrogens is 212 g/mol. The first-order valence-electron chi connectivity index (χ1n) is 7.11. The quantitative estimate of drug-likeness (QED) is 0.746. The van der Waals surface area contributed by atoms with Gasteiger partial charge in [-0.1, -0.05) is 20.8 Å². The molecule has 0 bridgehead atoms. The summed E-state index contributed by atoms with van der Waals surface area (Å²) in [4.78, 5) is 2.56. The molecule has 1 heterocycles. The number of nitrogens with one attached hydrogen (secondary N) is 1. The number of hydrogen-bond acceptors (Lipinski definition) is 3. The number of hydrogen-bond donors (Lipinski definition) is 2. The number of rotatable bonds is 6. The average Bonchev–Trinajstić information content (AvgIpc) is 2.28. The van der Waals surface area contributed by atoms with E-state index in [-0.39, 0.29) is 0 Å². The van der Waals surface area contributed by atoms with Gasteiger partial charge in [-0.2, -0.15) is 0 Å². The van der Waals surface area contributed by atoms with Gasteiger partial charge in [0.15, 0.2) is 0 Å². The predicted octanol–water partition coefficient (Wildman–Crippen LogP) is 1.86. The molecule has 1 unspecified atom stereocenters. The molecule has 0 aromatic carbocycles. The van der Waals surface area contributed by atoms with Crippen LogP contribution in [0.5, 0.6) is 0 Å². The van der Waals surface area contributed by atoms with Gasteiger partial charge in [0, 0.05) is 19.1 Å². The van der Waals surface area contributed by atoms with Crippen molar-refractivity contribution in [2.24, 2.45) is 5.92 Å². The molecule has 1 atom stereocenters. The van der Waals surface area contributed by atoms with E-state index in [4.69, 9.17) is 0 Å². The maximum atomic E-state index is 9.95. The lowest BCUT2D eigenvalue weighted by Gasteiger charge is -2.34. The third kappa shape index (κ3) is 5.84. The van der Waals surface area contributed by atoms with Crippen molar-refractivity contribution in [2.75, 3.05) is 26.2 Å². The molecule has 0 radical (unpaired) electrons. The monoisotopic (exact) mass is 242 g/mol. The van der Waals surface area contributed by atoms with Crippen molar-refractivity contribution in [1.82, 2.24) is 10.2 Å². The van der Waals surface area contributed by atoms with Crippen molar-refractivity contribution in [2.45, 2.75) is 58.6 Å². The summed E-state index contributed by atoms with van der Waals surface area (Å²) in [6.07, 6.45) is 3.24. The summed E-state index contributed by atoms with van der Waals surface area (Å²) in [7, 11) is 0. The van der Waals surface area contributed by atoms with Crippen LogP contribution in [0.1, 0.15) is 47.0 Å². The second-order valence-corrected chi connectivity index (χ2v) is 6.20. The van der Waals surface area contributed by atoms with Gasteiger partial charge in [0.25, 0.3) is 0 Å². The molecule has 1 aliphatic heterocycles. The summed E-state index contributed by atoms with van der Waals surface area (Å²) in [5.41, 5.74) is -0.547. The van der Waals surface area contributed by atoms with E-state index < -0.39 is 5.60 Å². The highest BCUT2D eigenvalue weighted by Gasteiger charge is 2.23. The molecule has 1 rings (SSSR count). The van der Waals surface area contributed by atoms with Gasteiger partial charge in [-0.05, 0) is 45.2 Å². The molecule has 0 aliphatic carbocycles. The molecule has 1 saturated heterocycles. The van der Waals surface area contributed by atoms with Gasteiger partial charge in [0.05, 0.1) is 5.60 Å². The van der Waals surface area contributed by atoms with E-state index >= 15 is 0 Å². The lowest BCUT2D eigenvalue weighted by Crippen LogP contribution is -2.47. The van der Waals surface area contributed by atoms with E-state index in [1.54, 1.807) is 0 Å². The van der Waals surface area contributed by atoms with Crippen LogP contribution in [-0.4, -0.2) is 47.8 Å².